The average molecular weight is 177 g/mol. The summed E-state index contributed by atoms with van der Waals surface area (Å²) >= 11 is 0. The summed E-state index contributed by atoms with van der Waals surface area (Å²) in [5, 5.41) is 2.24. The van der Waals surface area contributed by atoms with Gasteiger partial charge in [-0.1, -0.05) is 0 Å². The first kappa shape index (κ1) is 8.19. The third-order valence-electron chi connectivity index (χ3n) is 1.30. The summed E-state index contributed by atoms with van der Waals surface area (Å²) in [7, 11) is -3.34. The summed E-state index contributed by atoms with van der Waals surface area (Å²) in [6.45, 7) is 0. The molecule has 0 saturated carbocycles. The molecule has 1 rings (SSSR count). The van der Waals surface area contributed by atoms with Crippen molar-refractivity contribution < 1.29 is 18.0 Å². The molecule has 62 valence electrons. The van der Waals surface area contributed by atoms with Crippen molar-refractivity contribution in [3.8, 4) is 0 Å². The second-order valence-electron chi connectivity index (χ2n) is 2.36. The predicted octanol–water partition coefficient (Wildman–Crippen LogP) is -1.90. The summed E-state index contributed by atoms with van der Waals surface area (Å²) in [6.07, 6.45) is 0.425. The number of carbonyl (C=O) groups excluding carboxylic acids is 2. The minimum absolute atomic E-state index is 0.276. The van der Waals surface area contributed by atoms with Gasteiger partial charge in [-0.25, -0.2) is 8.42 Å². The summed E-state index contributed by atoms with van der Waals surface area (Å²) in [5.41, 5.74) is 0. The van der Waals surface area contributed by atoms with E-state index in [0.29, 0.717) is 6.29 Å². The summed E-state index contributed by atoms with van der Waals surface area (Å²) < 4.78 is 21.6. The van der Waals surface area contributed by atoms with Crippen molar-refractivity contribution in [1.29, 1.82) is 0 Å². The molecule has 0 radical (unpaired) electrons. The number of hydrogen-bond acceptors (Lipinski definition) is 4. The molecule has 0 aromatic carbocycles. The van der Waals surface area contributed by atoms with Gasteiger partial charge in [-0.2, -0.15) is 0 Å². The molecule has 0 aliphatic carbocycles. The zero-order chi connectivity index (χ0) is 8.48. The highest BCUT2D eigenvalue weighted by Crippen LogP contribution is 1.99. The van der Waals surface area contributed by atoms with E-state index in [0.717, 1.165) is 0 Å². The molecule has 1 heterocycles. The highest BCUT2D eigenvalue weighted by molar-refractivity contribution is 7.92. The van der Waals surface area contributed by atoms with Gasteiger partial charge in [-0.15, -0.1) is 0 Å². The molecular formula is C5H7NO4S. The average Bonchev–Trinajstić information content (AvgIpc) is 1.83. The van der Waals surface area contributed by atoms with Crippen LogP contribution in [-0.4, -0.2) is 38.2 Å². The number of aldehydes is 1. The Morgan fingerprint density at radius 1 is 1.55 bits per heavy atom. The number of nitrogens with one attached hydrogen (secondary N) is 1. The Balaban J connectivity index is 2.82. The van der Waals surface area contributed by atoms with Gasteiger partial charge in [0.05, 0.1) is 11.8 Å². The lowest BCUT2D eigenvalue weighted by molar-refractivity contribution is -0.122. The summed E-state index contributed by atoms with van der Waals surface area (Å²) in [6, 6.07) is -0.860. The van der Waals surface area contributed by atoms with Gasteiger partial charge in [0.25, 0.3) is 0 Å². The molecule has 1 saturated heterocycles. The lowest BCUT2D eigenvalue weighted by Gasteiger charge is -2.17. The van der Waals surface area contributed by atoms with Crippen molar-refractivity contribution in [3.63, 3.8) is 0 Å². The highest BCUT2D eigenvalue weighted by Gasteiger charge is 2.28. The van der Waals surface area contributed by atoms with Crippen LogP contribution in [0.15, 0.2) is 0 Å². The number of amides is 1. The Morgan fingerprint density at radius 2 is 2.18 bits per heavy atom. The van der Waals surface area contributed by atoms with E-state index in [1.54, 1.807) is 0 Å². The molecule has 6 heteroatoms. The molecule has 1 N–H and O–H groups in total. The molecule has 1 aliphatic heterocycles. The molecule has 1 amide bonds. The van der Waals surface area contributed by atoms with E-state index >= 15 is 0 Å². The van der Waals surface area contributed by atoms with Crippen LogP contribution in [0, 0.1) is 0 Å². The minimum atomic E-state index is -3.34. The third-order valence-corrected chi connectivity index (χ3v) is 2.86. The molecule has 0 spiro atoms. The van der Waals surface area contributed by atoms with Crippen LogP contribution < -0.4 is 5.32 Å². The quantitative estimate of drug-likeness (QED) is 0.474. The van der Waals surface area contributed by atoms with Gasteiger partial charge in [0, 0.05) is 0 Å². The second-order valence-corrected chi connectivity index (χ2v) is 4.47. The molecule has 1 atom stereocenters. The van der Waals surface area contributed by atoms with E-state index in [4.69, 9.17) is 0 Å². The standard InChI is InChI=1S/C5H7NO4S/c7-1-4-2-11(9,10)3-5(8)6-4/h1,4H,2-3H2,(H,6,8). The predicted molar refractivity (Wildman–Crippen MR) is 36.6 cm³/mol. The van der Waals surface area contributed by atoms with Gasteiger partial charge in [0.15, 0.2) is 9.84 Å². The smallest absolute Gasteiger partial charge is 0.235 e. The maximum absolute atomic E-state index is 10.8. The van der Waals surface area contributed by atoms with Crippen molar-refractivity contribution in [2.45, 2.75) is 6.04 Å². The van der Waals surface area contributed by atoms with E-state index in [9.17, 15) is 18.0 Å². The Labute approximate surface area is 63.7 Å². The molecule has 11 heavy (non-hydrogen) atoms. The first-order chi connectivity index (χ1) is 5.03. The van der Waals surface area contributed by atoms with Crippen LogP contribution in [0.5, 0.6) is 0 Å². The number of rotatable bonds is 1. The van der Waals surface area contributed by atoms with E-state index < -0.39 is 27.5 Å². The van der Waals surface area contributed by atoms with Crippen LogP contribution in [0.1, 0.15) is 0 Å². The lowest BCUT2D eigenvalue weighted by atomic mass is 10.4. The SMILES string of the molecule is O=CC1CS(=O)(=O)CC(=O)N1. The van der Waals surface area contributed by atoms with Crippen LogP contribution in [0.2, 0.25) is 0 Å². The monoisotopic (exact) mass is 177 g/mol. The molecule has 5 nitrogen and oxygen atoms in total. The number of carbonyl (C=O) groups is 2. The van der Waals surface area contributed by atoms with Crippen LogP contribution in [-0.2, 0) is 19.4 Å². The van der Waals surface area contributed by atoms with Crippen molar-refractivity contribution in [2.24, 2.45) is 0 Å². The highest BCUT2D eigenvalue weighted by atomic mass is 32.2. The van der Waals surface area contributed by atoms with Gasteiger partial charge in [-0.3, -0.25) is 4.79 Å². The molecule has 1 aliphatic rings. The fraction of sp³-hybridized carbons (Fsp3) is 0.600. The third kappa shape index (κ3) is 2.01. The lowest BCUT2D eigenvalue weighted by Crippen LogP contribution is -2.49. The van der Waals surface area contributed by atoms with Crippen molar-refractivity contribution in [3.05, 3.63) is 0 Å². The maximum atomic E-state index is 10.8. The Morgan fingerprint density at radius 3 is 2.64 bits per heavy atom. The van der Waals surface area contributed by atoms with Gasteiger partial charge < -0.3 is 10.1 Å². The van der Waals surface area contributed by atoms with E-state index in [2.05, 4.69) is 5.32 Å². The first-order valence-electron chi connectivity index (χ1n) is 2.98. The van der Waals surface area contributed by atoms with Crippen molar-refractivity contribution in [1.82, 2.24) is 5.32 Å². The molecule has 1 fully saturated rings. The summed E-state index contributed by atoms with van der Waals surface area (Å²) in [4.78, 5) is 20.7. The molecule has 1 unspecified atom stereocenters. The van der Waals surface area contributed by atoms with Crippen molar-refractivity contribution >= 4 is 22.0 Å². The zero-order valence-electron chi connectivity index (χ0n) is 5.61. The van der Waals surface area contributed by atoms with Gasteiger partial charge >= 0.3 is 0 Å². The zero-order valence-corrected chi connectivity index (χ0v) is 6.43. The molecular weight excluding hydrogens is 170 g/mol. The molecule has 0 aromatic heterocycles. The van der Waals surface area contributed by atoms with Crippen LogP contribution in [0.4, 0.5) is 0 Å². The number of hydrogen-bond donors (Lipinski definition) is 1. The van der Waals surface area contributed by atoms with Crippen LogP contribution in [0.25, 0.3) is 0 Å². The largest absolute Gasteiger partial charge is 0.345 e. The fourth-order valence-electron chi connectivity index (χ4n) is 0.896. The fourth-order valence-corrected chi connectivity index (χ4v) is 2.21. The van der Waals surface area contributed by atoms with E-state index in [1.165, 1.54) is 0 Å². The number of sulfone groups is 1. The molecule has 0 aromatic rings. The Bertz CT molecular complexity index is 281. The maximum Gasteiger partial charge on any atom is 0.235 e. The van der Waals surface area contributed by atoms with Crippen molar-refractivity contribution in [2.75, 3.05) is 11.5 Å². The van der Waals surface area contributed by atoms with Gasteiger partial charge in [0.2, 0.25) is 5.91 Å². The second kappa shape index (κ2) is 2.61. The molecule has 0 bridgehead atoms. The summed E-state index contributed by atoms with van der Waals surface area (Å²) in [5.74, 6) is -1.38. The Hall–Kier alpha value is -0.910. The van der Waals surface area contributed by atoms with Gasteiger partial charge in [-0.05, 0) is 0 Å². The minimum Gasteiger partial charge on any atom is -0.345 e. The van der Waals surface area contributed by atoms with E-state index in [1.807, 2.05) is 0 Å². The normalized spacial score (nSPS) is 29.1. The van der Waals surface area contributed by atoms with Gasteiger partial charge in [0.1, 0.15) is 12.0 Å². The first-order valence-corrected chi connectivity index (χ1v) is 4.81. The Kier molecular flexibility index (Phi) is 1.95. The van der Waals surface area contributed by atoms with E-state index in [-0.39, 0.29) is 5.75 Å². The van der Waals surface area contributed by atoms with Crippen LogP contribution in [0.3, 0.4) is 0 Å². The topological polar surface area (TPSA) is 80.3 Å². The van der Waals surface area contributed by atoms with Crippen LogP contribution >= 0.6 is 0 Å².